The molecule has 170 valence electrons. The summed E-state index contributed by atoms with van der Waals surface area (Å²) in [6.07, 6.45) is 1.93. The average Bonchev–Trinajstić information content (AvgIpc) is 3.64. The zero-order valence-electron chi connectivity index (χ0n) is 19.5. The number of hydrogen-bond donors (Lipinski definition) is 1. The van der Waals surface area contributed by atoms with E-state index in [1.165, 1.54) is 0 Å². The molecule has 0 unspecified atom stereocenters. The largest absolute Gasteiger partial charge is 0.377 e. The highest BCUT2D eigenvalue weighted by Gasteiger charge is 2.29. The summed E-state index contributed by atoms with van der Waals surface area (Å²) in [6.45, 7) is 2.93. The normalized spacial score (nSPS) is 12.8. The first-order valence-corrected chi connectivity index (χ1v) is 11.4. The molecule has 33 heavy (non-hydrogen) atoms. The van der Waals surface area contributed by atoms with Crippen LogP contribution in [0.4, 0.5) is 11.4 Å². The van der Waals surface area contributed by atoms with Crippen LogP contribution in [0, 0.1) is 12.8 Å². The van der Waals surface area contributed by atoms with Crippen LogP contribution < -0.4 is 10.2 Å². The minimum absolute atomic E-state index is 0.0142. The lowest BCUT2D eigenvalue weighted by Gasteiger charge is -2.27. The van der Waals surface area contributed by atoms with Crippen molar-refractivity contribution >= 4 is 23.2 Å². The number of nitrogens with one attached hydrogen (secondary N) is 1. The first kappa shape index (κ1) is 22.6. The summed E-state index contributed by atoms with van der Waals surface area (Å²) >= 11 is 0. The zero-order valence-corrected chi connectivity index (χ0v) is 19.5. The molecule has 1 aliphatic rings. The maximum absolute atomic E-state index is 13.6. The van der Waals surface area contributed by atoms with Crippen LogP contribution in [0.2, 0.25) is 0 Å². The van der Waals surface area contributed by atoms with E-state index in [1.807, 2.05) is 104 Å². The summed E-state index contributed by atoms with van der Waals surface area (Å²) in [5.41, 5.74) is 5.59. The van der Waals surface area contributed by atoms with Crippen LogP contribution in [-0.2, 0) is 17.9 Å². The van der Waals surface area contributed by atoms with Gasteiger partial charge in [-0.1, -0.05) is 48.0 Å². The Balaban J connectivity index is 1.66. The maximum Gasteiger partial charge on any atom is 0.254 e. The van der Waals surface area contributed by atoms with Crippen LogP contribution in [0.15, 0.2) is 72.8 Å². The molecule has 5 heteroatoms. The Morgan fingerprint density at radius 1 is 0.909 bits per heavy atom. The lowest BCUT2D eigenvalue weighted by molar-refractivity contribution is -0.117. The molecule has 5 nitrogen and oxygen atoms in total. The molecule has 0 heterocycles. The van der Waals surface area contributed by atoms with Gasteiger partial charge in [-0.15, -0.1) is 0 Å². The molecular weight excluding hydrogens is 410 g/mol. The van der Waals surface area contributed by atoms with E-state index < -0.39 is 0 Å². The highest BCUT2D eigenvalue weighted by Crippen LogP contribution is 2.31. The molecule has 0 bridgehead atoms. The molecule has 0 saturated heterocycles. The highest BCUT2D eigenvalue weighted by molar-refractivity contribution is 5.95. The summed E-state index contributed by atoms with van der Waals surface area (Å²) in [5.74, 6) is 0.203. The maximum atomic E-state index is 13.6. The van der Waals surface area contributed by atoms with Gasteiger partial charge < -0.3 is 15.1 Å². The quantitative estimate of drug-likeness (QED) is 0.519. The Kier molecular flexibility index (Phi) is 6.78. The molecule has 1 N–H and O–H groups in total. The van der Waals surface area contributed by atoms with Crippen molar-refractivity contribution in [1.29, 1.82) is 0 Å². The van der Waals surface area contributed by atoms with Crippen molar-refractivity contribution in [3.8, 4) is 0 Å². The highest BCUT2D eigenvalue weighted by atomic mass is 16.2. The van der Waals surface area contributed by atoms with E-state index in [9.17, 15) is 9.59 Å². The van der Waals surface area contributed by atoms with E-state index in [0.29, 0.717) is 18.7 Å². The van der Waals surface area contributed by atoms with Gasteiger partial charge in [0.1, 0.15) is 0 Å². The fourth-order valence-corrected chi connectivity index (χ4v) is 3.99. The fourth-order valence-electron chi connectivity index (χ4n) is 3.99. The minimum Gasteiger partial charge on any atom is -0.377 e. The first-order chi connectivity index (χ1) is 15.9. The monoisotopic (exact) mass is 441 g/mol. The van der Waals surface area contributed by atoms with Gasteiger partial charge in [0.2, 0.25) is 5.91 Å². The molecule has 0 radical (unpaired) electrons. The van der Waals surface area contributed by atoms with Crippen molar-refractivity contribution in [2.24, 2.45) is 5.92 Å². The van der Waals surface area contributed by atoms with Crippen LogP contribution in [0.1, 0.15) is 39.9 Å². The number of nitrogens with zero attached hydrogens (tertiary/aromatic N) is 2. The van der Waals surface area contributed by atoms with Gasteiger partial charge in [0, 0.05) is 50.0 Å². The Morgan fingerprint density at radius 3 is 2.33 bits per heavy atom. The average molecular weight is 442 g/mol. The van der Waals surface area contributed by atoms with E-state index in [1.54, 1.807) is 0 Å². The van der Waals surface area contributed by atoms with Gasteiger partial charge >= 0.3 is 0 Å². The van der Waals surface area contributed by atoms with Crippen molar-refractivity contribution in [2.75, 3.05) is 24.3 Å². The number of carbonyl (C=O) groups excluding carboxylic acids is 2. The summed E-state index contributed by atoms with van der Waals surface area (Å²) in [4.78, 5) is 29.8. The molecule has 0 aliphatic heterocycles. The van der Waals surface area contributed by atoms with Gasteiger partial charge in [-0.2, -0.15) is 0 Å². The molecular formula is C28H31N3O2. The van der Waals surface area contributed by atoms with Crippen molar-refractivity contribution in [2.45, 2.75) is 32.9 Å². The molecule has 0 atom stereocenters. The second kappa shape index (κ2) is 9.90. The van der Waals surface area contributed by atoms with E-state index in [4.69, 9.17) is 0 Å². The van der Waals surface area contributed by atoms with Crippen molar-refractivity contribution in [3.05, 3.63) is 95.1 Å². The second-order valence-electron chi connectivity index (χ2n) is 9.02. The standard InChI is InChI=1S/C28H31N3O2/c1-20-8-7-11-23(16-20)28(33)31(18-21-9-5-4-6-10-21)19-24-17-25(14-15-26(24)30(2)3)29-27(32)22-12-13-22/h4-11,14-17,22H,12-13,18-19H2,1-3H3,(H,29,32). The lowest BCUT2D eigenvalue weighted by Crippen LogP contribution is -2.31. The third kappa shape index (κ3) is 5.80. The third-order valence-electron chi connectivity index (χ3n) is 5.91. The topological polar surface area (TPSA) is 52.7 Å². The van der Waals surface area contributed by atoms with E-state index in [0.717, 1.165) is 40.9 Å². The Labute approximate surface area is 196 Å². The van der Waals surface area contributed by atoms with Crippen LogP contribution in [0.25, 0.3) is 0 Å². The SMILES string of the molecule is Cc1cccc(C(=O)N(Cc2ccccc2)Cc2cc(NC(=O)C3CC3)ccc2N(C)C)c1. The number of amides is 2. The van der Waals surface area contributed by atoms with Gasteiger partial charge in [-0.25, -0.2) is 0 Å². The first-order valence-electron chi connectivity index (χ1n) is 11.4. The number of rotatable bonds is 8. The van der Waals surface area contributed by atoms with Crippen molar-refractivity contribution < 1.29 is 9.59 Å². The predicted octanol–water partition coefficient (Wildman–Crippen LogP) is 5.25. The molecule has 1 fully saturated rings. The number of anilines is 2. The number of hydrogen-bond acceptors (Lipinski definition) is 3. The Bertz CT molecular complexity index is 1140. The van der Waals surface area contributed by atoms with Crippen LogP contribution >= 0.6 is 0 Å². The predicted molar refractivity (Wildman–Crippen MR) is 133 cm³/mol. The van der Waals surface area contributed by atoms with Crippen molar-refractivity contribution in [1.82, 2.24) is 4.90 Å². The molecule has 2 amide bonds. The second-order valence-corrected chi connectivity index (χ2v) is 9.02. The van der Waals surface area contributed by atoms with Gasteiger partial charge in [0.05, 0.1) is 0 Å². The fraction of sp³-hybridized carbons (Fsp3) is 0.286. The molecule has 1 saturated carbocycles. The van der Waals surface area contributed by atoms with Gasteiger partial charge in [-0.3, -0.25) is 9.59 Å². The molecule has 4 rings (SSSR count). The lowest BCUT2D eigenvalue weighted by atomic mass is 10.1. The van der Waals surface area contributed by atoms with Gasteiger partial charge in [0.15, 0.2) is 0 Å². The smallest absolute Gasteiger partial charge is 0.254 e. The number of carbonyl (C=O) groups is 2. The molecule has 0 spiro atoms. The van der Waals surface area contributed by atoms with Crippen molar-refractivity contribution in [3.63, 3.8) is 0 Å². The van der Waals surface area contributed by atoms with Crippen LogP contribution in [-0.4, -0.2) is 30.8 Å². The minimum atomic E-state index is -0.0142. The number of benzene rings is 3. The van der Waals surface area contributed by atoms with E-state index in [2.05, 4.69) is 5.32 Å². The molecule has 0 aromatic heterocycles. The zero-order chi connectivity index (χ0) is 23.4. The van der Waals surface area contributed by atoms with E-state index >= 15 is 0 Å². The summed E-state index contributed by atoms with van der Waals surface area (Å²) in [6, 6.07) is 23.7. The number of aryl methyl sites for hydroxylation is 1. The molecule has 1 aliphatic carbocycles. The van der Waals surface area contributed by atoms with Crippen LogP contribution in [0.5, 0.6) is 0 Å². The summed E-state index contributed by atoms with van der Waals surface area (Å²) in [7, 11) is 3.98. The summed E-state index contributed by atoms with van der Waals surface area (Å²) < 4.78 is 0. The van der Waals surface area contributed by atoms with E-state index in [-0.39, 0.29) is 17.7 Å². The Hall–Kier alpha value is -3.60. The van der Waals surface area contributed by atoms with Gasteiger partial charge in [-0.05, 0) is 61.2 Å². The van der Waals surface area contributed by atoms with Crippen LogP contribution in [0.3, 0.4) is 0 Å². The van der Waals surface area contributed by atoms with Gasteiger partial charge in [0.25, 0.3) is 5.91 Å². The third-order valence-corrected chi connectivity index (χ3v) is 5.91. The Morgan fingerprint density at radius 2 is 1.67 bits per heavy atom. The molecule has 3 aromatic rings. The summed E-state index contributed by atoms with van der Waals surface area (Å²) in [5, 5.41) is 3.04. The molecule has 3 aromatic carbocycles.